The number of methoxy groups -OCH3 is 1. The Morgan fingerprint density at radius 2 is 2.14 bits per heavy atom. The molecule has 1 rings (SSSR count). The second kappa shape index (κ2) is 8.08. The number of hydrogen-bond acceptors (Lipinski definition) is 5. The van der Waals surface area contributed by atoms with Crippen LogP contribution in [0.4, 0.5) is 11.4 Å². The van der Waals surface area contributed by atoms with Crippen molar-refractivity contribution in [1.29, 1.82) is 0 Å². The van der Waals surface area contributed by atoms with Crippen LogP contribution in [0, 0.1) is 10.1 Å². The number of carboxylic acid groups (broad SMARTS) is 1. The van der Waals surface area contributed by atoms with Gasteiger partial charge in [-0.15, -0.1) is 0 Å². The second-order valence-corrected chi connectivity index (χ2v) is 4.60. The largest absolute Gasteiger partial charge is 0.495 e. The first-order valence-electron chi connectivity index (χ1n) is 6.78. The number of nitro groups is 1. The van der Waals surface area contributed by atoms with Crippen LogP contribution in [0.3, 0.4) is 0 Å². The van der Waals surface area contributed by atoms with Gasteiger partial charge >= 0.3 is 5.97 Å². The summed E-state index contributed by atoms with van der Waals surface area (Å²) in [6, 6.07) is 4.33. The molecular weight excluding hydrogens is 276 g/mol. The predicted molar refractivity (Wildman–Crippen MR) is 79.0 cm³/mol. The molecule has 21 heavy (non-hydrogen) atoms. The van der Waals surface area contributed by atoms with E-state index in [2.05, 4.69) is 0 Å². The van der Waals surface area contributed by atoms with Crippen LogP contribution in [-0.2, 0) is 4.79 Å². The third-order valence-electron chi connectivity index (χ3n) is 3.09. The van der Waals surface area contributed by atoms with Crippen molar-refractivity contribution in [1.82, 2.24) is 0 Å². The molecule has 1 aromatic carbocycles. The van der Waals surface area contributed by atoms with Crippen LogP contribution in [0.5, 0.6) is 5.75 Å². The molecule has 1 N–H and O–H groups in total. The van der Waals surface area contributed by atoms with Crippen LogP contribution in [0.1, 0.15) is 26.2 Å². The minimum atomic E-state index is -0.902. The number of benzene rings is 1. The summed E-state index contributed by atoms with van der Waals surface area (Å²) in [4.78, 5) is 23.0. The summed E-state index contributed by atoms with van der Waals surface area (Å²) in [6.45, 7) is 2.94. The van der Waals surface area contributed by atoms with Crippen molar-refractivity contribution < 1.29 is 19.6 Å². The van der Waals surface area contributed by atoms with Crippen molar-refractivity contribution in [3.05, 3.63) is 28.3 Å². The fourth-order valence-electron chi connectivity index (χ4n) is 1.97. The van der Waals surface area contributed by atoms with Crippen LogP contribution >= 0.6 is 0 Å². The minimum absolute atomic E-state index is 0.0322. The number of non-ortho nitro benzene ring substituents is 1. The van der Waals surface area contributed by atoms with Gasteiger partial charge in [-0.3, -0.25) is 14.9 Å². The number of nitrogens with zero attached hydrogens (tertiary/aromatic N) is 2. The summed E-state index contributed by atoms with van der Waals surface area (Å²) in [6.07, 6.45) is 1.78. The van der Waals surface area contributed by atoms with Gasteiger partial charge in [-0.05, 0) is 12.5 Å². The molecule has 0 atom stereocenters. The zero-order valence-corrected chi connectivity index (χ0v) is 12.2. The Morgan fingerprint density at radius 3 is 2.67 bits per heavy atom. The smallest absolute Gasteiger partial charge is 0.305 e. The number of nitro benzene ring substituents is 1. The van der Waals surface area contributed by atoms with E-state index >= 15 is 0 Å². The average molecular weight is 296 g/mol. The summed E-state index contributed by atoms with van der Waals surface area (Å²) in [5.41, 5.74) is 0.518. The zero-order valence-electron chi connectivity index (χ0n) is 12.2. The highest BCUT2D eigenvalue weighted by atomic mass is 16.6. The maximum absolute atomic E-state index is 10.9. The van der Waals surface area contributed by atoms with Crippen molar-refractivity contribution in [3.8, 4) is 5.75 Å². The van der Waals surface area contributed by atoms with Gasteiger partial charge in [0.2, 0.25) is 0 Å². The lowest BCUT2D eigenvalue weighted by molar-refractivity contribution is -0.384. The molecule has 0 aliphatic carbocycles. The fraction of sp³-hybridized carbons (Fsp3) is 0.500. The molecule has 0 aliphatic heterocycles. The van der Waals surface area contributed by atoms with Crippen LogP contribution < -0.4 is 9.64 Å². The molecule has 0 unspecified atom stereocenters. The maximum atomic E-state index is 10.9. The number of hydrogen-bond donors (Lipinski definition) is 1. The Balaban J connectivity index is 3.09. The van der Waals surface area contributed by atoms with Crippen molar-refractivity contribution in [2.45, 2.75) is 26.2 Å². The number of aliphatic carboxylic acids is 1. The molecule has 0 spiro atoms. The highest BCUT2D eigenvalue weighted by Crippen LogP contribution is 2.32. The van der Waals surface area contributed by atoms with Gasteiger partial charge in [-0.25, -0.2) is 0 Å². The number of anilines is 1. The minimum Gasteiger partial charge on any atom is -0.495 e. The van der Waals surface area contributed by atoms with E-state index in [0.29, 0.717) is 18.0 Å². The maximum Gasteiger partial charge on any atom is 0.305 e. The van der Waals surface area contributed by atoms with E-state index in [1.807, 2.05) is 11.8 Å². The Morgan fingerprint density at radius 1 is 1.43 bits per heavy atom. The summed E-state index contributed by atoms with van der Waals surface area (Å²) >= 11 is 0. The van der Waals surface area contributed by atoms with Gasteiger partial charge in [-0.1, -0.05) is 13.3 Å². The van der Waals surface area contributed by atoms with Gasteiger partial charge in [0.15, 0.2) is 0 Å². The average Bonchev–Trinajstić information content (AvgIpc) is 2.46. The van der Waals surface area contributed by atoms with Crippen molar-refractivity contribution >= 4 is 17.3 Å². The standard InChI is InChI=1S/C14H20N2O5/c1-3-4-8-15(9-7-14(17)18)12-10-11(16(19)20)5-6-13(12)21-2/h5-6,10H,3-4,7-9H2,1-2H3,(H,17,18). The molecule has 0 saturated heterocycles. The number of unbranched alkanes of at least 4 members (excludes halogenated alkanes) is 1. The van der Waals surface area contributed by atoms with Crippen molar-refractivity contribution in [2.75, 3.05) is 25.1 Å². The Hall–Kier alpha value is -2.31. The highest BCUT2D eigenvalue weighted by Gasteiger charge is 2.17. The Bertz CT molecular complexity index is 504. The van der Waals surface area contributed by atoms with Gasteiger partial charge < -0.3 is 14.7 Å². The Labute approximate surface area is 123 Å². The van der Waals surface area contributed by atoms with Crippen LogP contribution in [0.2, 0.25) is 0 Å². The Kier molecular flexibility index (Phi) is 6.45. The molecule has 0 radical (unpaired) electrons. The summed E-state index contributed by atoms with van der Waals surface area (Å²) in [5, 5.41) is 19.7. The van der Waals surface area contributed by atoms with Gasteiger partial charge in [0.05, 0.1) is 24.1 Å². The lowest BCUT2D eigenvalue weighted by atomic mass is 10.2. The van der Waals surface area contributed by atoms with Crippen molar-refractivity contribution in [3.63, 3.8) is 0 Å². The molecular formula is C14H20N2O5. The predicted octanol–water partition coefficient (Wildman–Crippen LogP) is 2.68. The van der Waals surface area contributed by atoms with E-state index in [4.69, 9.17) is 9.84 Å². The van der Waals surface area contributed by atoms with E-state index in [-0.39, 0.29) is 18.7 Å². The van der Waals surface area contributed by atoms with Gasteiger partial charge in [0, 0.05) is 25.2 Å². The summed E-state index contributed by atoms with van der Waals surface area (Å²) in [5.74, 6) is -0.400. The summed E-state index contributed by atoms with van der Waals surface area (Å²) in [7, 11) is 1.49. The van der Waals surface area contributed by atoms with E-state index in [0.717, 1.165) is 12.8 Å². The van der Waals surface area contributed by atoms with Crippen LogP contribution in [-0.4, -0.2) is 36.2 Å². The fourth-order valence-corrected chi connectivity index (χ4v) is 1.97. The van der Waals surface area contributed by atoms with Gasteiger partial charge in [0.25, 0.3) is 5.69 Å². The second-order valence-electron chi connectivity index (χ2n) is 4.60. The summed E-state index contributed by atoms with van der Waals surface area (Å²) < 4.78 is 5.24. The molecule has 116 valence electrons. The first-order valence-corrected chi connectivity index (χ1v) is 6.78. The normalized spacial score (nSPS) is 10.2. The molecule has 1 aromatic rings. The monoisotopic (exact) mass is 296 g/mol. The van der Waals surface area contributed by atoms with Crippen LogP contribution in [0.15, 0.2) is 18.2 Å². The molecule has 0 bridgehead atoms. The highest BCUT2D eigenvalue weighted by molar-refractivity contribution is 5.69. The molecule has 0 aliphatic rings. The SMILES string of the molecule is CCCCN(CCC(=O)O)c1cc([N+](=O)[O-])ccc1OC. The molecule has 0 saturated carbocycles. The lowest BCUT2D eigenvalue weighted by Gasteiger charge is -2.25. The van der Waals surface area contributed by atoms with Crippen LogP contribution in [0.25, 0.3) is 0 Å². The van der Waals surface area contributed by atoms with E-state index < -0.39 is 10.9 Å². The molecule has 0 fully saturated rings. The first kappa shape index (κ1) is 16.7. The number of carbonyl (C=O) groups is 1. The quantitative estimate of drug-likeness (QED) is 0.556. The number of ether oxygens (including phenoxy) is 1. The number of carboxylic acids is 1. The molecule has 0 amide bonds. The topological polar surface area (TPSA) is 92.9 Å². The van der Waals surface area contributed by atoms with E-state index in [9.17, 15) is 14.9 Å². The molecule has 0 aromatic heterocycles. The van der Waals surface area contributed by atoms with Crippen molar-refractivity contribution in [2.24, 2.45) is 0 Å². The van der Waals surface area contributed by atoms with Gasteiger partial charge in [-0.2, -0.15) is 0 Å². The molecule has 0 heterocycles. The van der Waals surface area contributed by atoms with Gasteiger partial charge in [0.1, 0.15) is 5.75 Å². The van der Waals surface area contributed by atoms with E-state index in [1.54, 1.807) is 0 Å². The number of rotatable bonds is 9. The van der Waals surface area contributed by atoms with E-state index in [1.165, 1.54) is 25.3 Å². The third kappa shape index (κ3) is 4.94. The third-order valence-corrected chi connectivity index (χ3v) is 3.09. The zero-order chi connectivity index (χ0) is 15.8. The lowest BCUT2D eigenvalue weighted by Crippen LogP contribution is -2.27. The molecule has 7 nitrogen and oxygen atoms in total. The first-order chi connectivity index (χ1) is 9.99. The molecule has 7 heteroatoms.